The molecule has 0 bridgehead atoms. The summed E-state index contributed by atoms with van der Waals surface area (Å²) < 4.78 is 4.95. The first-order chi connectivity index (χ1) is 19.1. The van der Waals surface area contributed by atoms with Gasteiger partial charge in [0.1, 0.15) is 12.7 Å². The second-order valence-electron chi connectivity index (χ2n) is 9.92. The summed E-state index contributed by atoms with van der Waals surface area (Å²) in [6.07, 6.45) is 6.38. The SMILES string of the molecule is CCCCC1N=C2C(=CN(CC(=O)OC)CN2CCC)N1Cc1ccc(-c2ccccc2-c2nn[nH]n2)cc1. The lowest BCUT2D eigenvalue weighted by Gasteiger charge is -2.37. The molecule has 204 valence electrons. The van der Waals surface area contributed by atoms with Gasteiger partial charge in [0.25, 0.3) is 0 Å². The van der Waals surface area contributed by atoms with Crippen LogP contribution in [0.5, 0.6) is 0 Å². The summed E-state index contributed by atoms with van der Waals surface area (Å²) in [5.41, 5.74) is 5.36. The molecule has 2 aliphatic rings. The van der Waals surface area contributed by atoms with Crippen LogP contribution in [0.4, 0.5) is 0 Å². The number of fused-ring (bicyclic) bond motifs is 1. The minimum Gasteiger partial charge on any atom is -0.468 e. The first kappa shape index (κ1) is 26.4. The zero-order valence-corrected chi connectivity index (χ0v) is 22.9. The number of amidine groups is 1. The summed E-state index contributed by atoms with van der Waals surface area (Å²) in [6.45, 7) is 6.85. The number of aromatic amines is 1. The number of methoxy groups -OCH3 is 1. The fourth-order valence-electron chi connectivity index (χ4n) is 5.20. The molecule has 2 aromatic carbocycles. The number of carbonyl (C=O) groups is 1. The van der Waals surface area contributed by atoms with Crippen molar-refractivity contribution in [1.82, 2.24) is 35.3 Å². The Kier molecular flexibility index (Phi) is 8.19. The van der Waals surface area contributed by atoms with Crippen LogP contribution in [0.3, 0.4) is 0 Å². The maximum atomic E-state index is 12.1. The van der Waals surface area contributed by atoms with Gasteiger partial charge in [0.15, 0.2) is 5.84 Å². The van der Waals surface area contributed by atoms with E-state index in [9.17, 15) is 4.79 Å². The van der Waals surface area contributed by atoms with Gasteiger partial charge in [-0.15, -0.1) is 10.2 Å². The normalized spacial score (nSPS) is 16.7. The van der Waals surface area contributed by atoms with Crippen LogP contribution < -0.4 is 0 Å². The van der Waals surface area contributed by atoms with E-state index in [1.165, 1.54) is 12.7 Å². The van der Waals surface area contributed by atoms with Crippen molar-refractivity contribution in [3.8, 4) is 22.5 Å². The lowest BCUT2D eigenvalue weighted by molar-refractivity contribution is -0.141. The highest BCUT2D eigenvalue weighted by molar-refractivity contribution is 6.00. The van der Waals surface area contributed by atoms with E-state index in [0.717, 1.165) is 67.0 Å². The van der Waals surface area contributed by atoms with Crippen LogP contribution in [0, 0.1) is 0 Å². The predicted octanol–water partition coefficient (Wildman–Crippen LogP) is 4.26. The summed E-state index contributed by atoms with van der Waals surface area (Å²) in [5.74, 6) is 1.37. The number of esters is 1. The Labute approximate surface area is 229 Å². The van der Waals surface area contributed by atoms with Crippen LogP contribution in [0.25, 0.3) is 22.5 Å². The number of nitrogens with one attached hydrogen (secondary N) is 1. The van der Waals surface area contributed by atoms with Crippen molar-refractivity contribution < 1.29 is 9.53 Å². The molecule has 3 aromatic rings. The van der Waals surface area contributed by atoms with Gasteiger partial charge in [-0.05, 0) is 41.2 Å². The zero-order chi connectivity index (χ0) is 27.2. The first-order valence-electron chi connectivity index (χ1n) is 13.7. The minimum atomic E-state index is -0.243. The molecule has 3 heterocycles. The van der Waals surface area contributed by atoms with Crippen molar-refractivity contribution in [2.24, 2.45) is 4.99 Å². The molecule has 0 amide bonds. The van der Waals surface area contributed by atoms with E-state index >= 15 is 0 Å². The number of unbranched alkanes of at least 4 members (excludes halogenated alkanes) is 1. The standard InChI is InChI=1S/C29H36N8O2/c1-4-6-11-26-30-29-25(18-35(19-27(38)39-3)20-36(29)16-5-2)37(26)17-21-12-14-22(15-13-21)23-9-7-8-10-24(23)28-31-33-34-32-28/h7-10,12-15,18,26H,4-6,11,16-17,19-20H2,1-3H3,(H,31,32,33,34). The smallest absolute Gasteiger partial charge is 0.325 e. The molecule has 0 fully saturated rings. The molecule has 39 heavy (non-hydrogen) atoms. The molecule has 2 aliphatic heterocycles. The minimum absolute atomic E-state index is 0.0716. The number of H-pyrrole nitrogens is 1. The van der Waals surface area contributed by atoms with E-state index in [0.29, 0.717) is 12.5 Å². The quantitative estimate of drug-likeness (QED) is 0.368. The maximum absolute atomic E-state index is 12.1. The highest BCUT2D eigenvalue weighted by atomic mass is 16.5. The fourth-order valence-corrected chi connectivity index (χ4v) is 5.20. The Bertz CT molecular complexity index is 1320. The van der Waals surface area contributed by atoms with Gasteiger partial charge in [0.2, 0.25) is 5.82 Å². The van der Waals surface area contributed by atoms with Crippen molar-refractivity contribution >= 4 is 11.8 Å². The summed E-state index contributed by atoms with van der Waals surface area (Å²) >= 11 is 0. The van der Waals surface area contributed by atoms with E-state index in [1.54, 1.807) is 0 Å². The number of benzene rings is 2. The van der Waals surface area contributed by atoms with Crippen molar-refractivity contribution in [2.75, 3.05) is 26.9 Å². The molecular formula is C29H36N8O2. The lowest BCUT2D eigenvalue weighted by atomic mass is 9.98. The number of nitrogens with zero attached hydrogens (tertiary/aromatic N) is 7. The topological polar surface area (TPSA) is 103 Å². The van der Waals surface area contributed by atoms with Crippen molar-refractivity contribution in [3.63, 3.8) is 0 Å². The number of tetrazole rings is 1. The van der Waals surface area contributed by atoms with E-state index in [-0.39, 0.29) is 18.7 Å². The highest BCUT2D eigenvalue weighted by Crippen LogP contribution is 2.33. The number of aromatic nitrogens is 4. The van der Waals surface area contributed by atoms with Crippen LogP contribution in [0.1, 0.15) is 45.1 Å². The predicted molar refractivity (Wildman–Crippen MR) is 150 cm³/mol. The molecular weight excluding hydrogens is 492 g/mol. The maximum Gasteiger partial charge on any atom is 0.325 e. The van der Waals surface area contributed by atoms with Gasteiger partial charge >= 0.3 is 5.97 Å². The summed E-state index contributed by atoms with van der Waals surface area (Å²) in [5, 5.41) is 14.6. The van der Waals surface area contributed by atoms with Crippen LogP contribution >= 0.6 is 0 Å². The summed E-state index contributed by atoms with van der Waals surface area (Å²) in [4.78, 5) is 24.0. The molecule has 0 spiro atoms. The number of rotatable bonds is 11. The summed E-state index contributed by atoms with van der Waals surface area (Å²) in [7, 11) is 1.43. The molecule has 1 N–H and O–H groups in total. The Hall–Kier alpha value is -4.21. The molecule has 0 saturated carbocycles. The van der Waals surface area contributed by atoms with E-state index in [4.69, 9.17) is 9.73 Å². The Morgan fingerprint density at radius 3 is 2.56 bits per heavy atom. The Balaban J connectivity index is 1.42. The molecule has 0 saturated heterocycles. The average Bonchev–Trinajstić information content (AvgIpc) is 3.61. The second kappa shape index (κ2) is 12.1. The molecule has 0 radical (unpaired) electrons. The molecule has 0 aliphatic carbocycles. The van der Waals surface area contributed by atoms with Gasteiger partial charge < -0.3 is 19.4 Å². The fraction of sp³-hybridized carbons (Fsp3) is 0.414. The van der Waals surface area contributed by atoms with Crippen molar-refractivity contribution in [2.45, 2.75) is 52.2 Å². The van der Waals surface area contributed by atoms with E-state index < -0.39 is 0 Å². The van der Waals surface area contributed by atoms with Gasteiger partial charge in [0, 0.05) is 24.9 Å². The van der Waals surface area contributed by atoms with Gasteiger partial charge in [-0.2, -0.15) is 5.21 Å². The number of hydrogen-bond acceptors (Lipinski definition) is 9. The highest BCUT2D eigenvalue weighted by Gasteiger charge is 2.37. The molecule has 1 aromatic heterocycles. The number of hydrogen-bond donors (Lipinski definition) is 1. The van der Waals surface area contributed by atoms with Crippen LogP contribution in [0.2, 0.25) is 0 Å². The van der Waals surface area contributed by atoms with Crippen LogP contribution in [-0.2, 0) is 16.1 Å². The van der Waals surface area contributed by atoms with Gasteiger partial charge in [-0.3, -0.25) is 4.79 Å². The lowest BCUT2D eigenvalue weighted by Crippen LogP contribution is -2.47. The summed E-state index contributed by atoms with van der Waals surface area (Å²) in [6, 6.07) is 16.7. The van der Waals surface area contributed by atoms with E-state index in [2.05, 4.69) is 80.8 Å². The first-order valence-corrected chi connectivity index (χ1v) is 13.7. The van der Waals surface area contributed by atoms with Gasteiger partial charge in [0.05, 0.1) is 19.5 Å². The van der Waals surface area contributed by atoms with Gasteiger partial charge in [-0.1, -0.05) is 68.8 Å². The number of aliphatic imine (C=N–C) groups is 1. The van der Waals surface area contributed by atoms with Crippen molar-refractivity contribution in [3.05, 3.63) is 66.0 Å². The third-order valence-electron chi connectivity index (χ3n) is 7.13. The zero-order valence-electron chi connectivity index (χ0n) is 22.9. The van der Waals surface area contributed by atoms with Crippen LogP contribution in [0.15, 0.2) is 65.4 Å². The third kappa shape index (κ3) is 5.79. The van der Waals surface area contributed by atoms with Crippen molar-refractivity contribution in [1.29, 1.82) is 0 Å². The van der Waals surface area contributed by atoms with Crippen LogP contribution in [-0.4, -0.2) is 80.2 Å². The third-order valence-corrected chi connectivity index (χ3v) is 7.13. The molecule has 5 rings (SSSR count). The number of carbonyl (C=O) groups excluding carboxylic acids is 1. The molecule has 10 heteroatoms. The Morgan fingerprint density at radius 1 is 1.08 bits per heavy atom. The number of ether oxygens (including phenoxy) is 1. The largest absolute Gasteiger partial charge is 0.468 e. The van der Waals surface area contributed by atoms with E-state index in [1.807, 2.05) is 23.1 Å². The molecule has 10 nitrogen and oxygen atoms in total. The molecule has 1 atom stereocenters. The Morgan fingerprint density at radius 2 is 1.87 bits per heavy atom. The average molecular weight is 529 g/mol. The second-order valence-corrected chi connectivity index (χ2v) is 9.92. The molecule has 1 unspecified atom stereocenters. The monoisotopic (exact) mass is 528 g/mol. The van der Waals surface area contributed by atoms with Gasteiger partial charge in [-0.25, -0.2) is 4.99 Å².